The smallest absolute Gasteiger partial charge is 0.0546 e. The number of anilines is 1. The maximum atomic E-state index is 9.35. The second-order valence-corrected chi connectivity index (χ2v) is 5.94. The summed E-state index contributed by atoms with van der Waals surface area (Å²) in [6.45, 7) is 1.10. The summed E-state index contributed by atoms with van der Waals surface area (Å²) >= 11 is 0. The van der Waals surface area contributed by atoms with Gasteiger partial charge in [0.25, 0.3) is 0 Å². The highest BCUT2D eigenvalue weighted by Gasteiger charge is 2.32. The Balaban J connectivity index is 1.67. The molecule has 18 heavy (non-hydrogen) atoms. The lowest BCUT2D eigenvalue weighted by atomic mass is 9.82. The molecule has 1 atom stereocenters. The second kappa shape index (κ2) is 4.56. The number of benzene rings is 1. The third-order valence-corrected chi connectivity index (χ3v) is 4.50. The van der Waals surface area contributed by atoms with Crippen LogP contribution >= 0.6 is 0 Å². The number of hydrogen-bond acceptors (Lipinski definition) is 3. The van der Waals surface area contributed by atoms with Crippen LogP contribution in [0.2, 0.25) is 0 Å². The minimum atomic E-state index is -0.0425. The largest absolute Gasteiger partial charge is 0.399 e. The molecule has 1 fully saturated rings. The normalized spacial score (nSPS) is 30.3. The van der Waals surface area contributed by atoms with Crippen molar-refractivity contribution in [1.82, 2.24) is 4.90 Å². The highest BCUT2D eigenvalue weighted by Crippen LogP contribution is 2.38. The lowest BCUT2D eigenvalue weighted by Crippen LogP contribution is -2.38. The molecule has 0 saturated heterocycles. The van der Waals surface area contributed by atoms with E-state index in [0.717, 1.165) is 31.5 Å². The SMILES string of the molecule is CN(CC1CC(O)C1)C1CCc2cc(N)ccc21. The van der Waals surface area contributed by atoms with E-state index in [2.05, 4.69) is 24.1 Å². The highest BCUT2D eigenvalue weighted by atomic mass is 16.3. The minimum absolute atomic E-state index is 0.0425. The summed E-state index contributed by atoms with van der Waals surface area (Å²) in [6, 6.07) is 6.86. The summed E-state index contributed by atoms with van der Waals surface area (Å²) in [6.07, 6.45) is 4.25. The molecule has 1 aromatic rings. The number of aryl methyl sites for hydroxylation is 1. The third kappa shape index (κ3) is 2.13. The van der Waals surface area contributed by atoms with Crippen molar-refractivity contribution in [2.45, 2.75) is 37.8 Å². The Morgan fingerprint density at radius 2 is 2.17 bits per heavy atom. The Kier molecular flexibility index (Phi) is 3.04. The van der Waals surface area contributed by atoms with Gasteiger partial charge in [-0.05, 0) is 61.9 Å². The molecule has 0 heterocycles. The molecule has 3 heteroatoms. The fraction of sp³-hybridized carbons (Fsp3) is 0.600. The van der Waals surface area contributed by atoms with Crippen molar-refractivity contribution in [3.63, 3.8) is 0 Å². The quantitative estimate of drug-likeness (QED) is 0.802. The minimum Gasteiger partial charge on any atom is -0.399 e. The van der Waals surface area contributed by atoms with Gasteiger partial charge in [-0.25, -0.2) is 0 Å². The molecule has 2 aliphatic rings. The molecule has 1 aromatic carbocycles. The van der Waals surface area contributed by atoms with Crippen molar-refractivity contribution in [2.24, 2.45) is 5.92 Å². The number of nitrogens with zero attached hydrogens (tertiary/aromatic N) is 1. The molecule has 0 amide bonds. The molecule has 3 N–H and O–H groups in total. The molecule has 1 saturated carbocycles. The Labute approximate surface area is 109 Å². The van der Waals surface area contributed by atoms with Crippen LogP contribution in [0.4, 0.5) is 5.69 Å². The van der Waals surface area contributed by atoms with Gasteiger partial charge in [-0.1, -0.05) is 6.07 Å². The molecule has 0 spiro atoms. The first-order valence-corrected chi connectivity index (χ1v) is 6.90. The number of aliphatic hydroxyl groups excluding tert-OH is 1. The van der Waals surface area contributed by atoms with Crippen LogP contribution in [-0.4, -0.2) is 29.7 Å². The maximum Gasteiger partial charge on any atom is 0.0546 e. The molecule has 0 aromatic heterocycles. The van der Waals surface area contributed by atoms with Gasteiger partial charge in [0.2, 0.25) is 0 Å². The summed E-state index contributed by atoms with van der Waals surface area (Å²) in [5, 5.41) is 9.35. The van der Waals surface area contributed by atoms with Gasteiger partial charge in [0.15, 0.2) is 0 Å². The molecule has 3 nitrogen and oxygen atoms in total. The average molecular weight is 246 g/mol. The van der Waals surface area contributed by atoms with Crippen molar-refractivity contribution in [3.8, 4) is 0 Å². The molecule has 0 radical (unpaired) electrons. The zero-order valence-electron chi connectivity index (χ0n) is 11.0. The predicted molar refractivity (Wildman–Crippen MR) is 73.3 cm³/mol. The number of aliphatic hydroxyl groups is 1. The van der Waals surface area contributed by atoms with Gasteiger partial charge >= 0.3 is 0 Å². The lowest BCUT2D eigenvalue weighted by Gasteiger charge is -2.36. The molecule has 2 aliphatic carbocycles. The fourth-order valence-electron chi connectivity index (χ4n) is 3.46. The number of nitrogens with two attached hydrogens (primary N) is 1. The van der Waals surface area contributed by atoms with E-state index in [1.807, 2.05) is 6.07 Å². The third-order valence-electron chi connectivity index (χ3n) is 4.50. The van der Waals surface area contributed by atoms with Crippen LogP contribution in [0.3, 0.4) is 0 Å². The van der Waals surface area contributed by atoms with Crippen LogP contribution in [0.25, 0.3) is 0 Å². The van der Waals surface area contributed by atoms with Gasteiger partial charge < -0.3 is 10.8 Å². The van der Waals surface area contributed by atoms with Crippen LogP contribution in [-0.2, 0) is 6.42 Å². The van der Waals surface area contributed by atoms with E-state index in [9.17, 15) is 5.11 Å². The standard InChI is InChI=1S/C15H22N2O/c1-17(9-10-6-13(18)7-10)15-5-2-11-8-12(16)3-4-14(11)15/h3-4,8,10,13,15,18H,2,5-7,9,16H2,1H3. The molecule has 3 rings (SSSR count). The van der Waals surface area contributed by atoms with Crippen molar-refractivity contribution >= 4 is 5.69 Å². The van der Waals surface area contributed by atoms with Crippen LogP contribution in [0.15, 0.2) is 18.2 Å². The molecular weight excluding hydrogens is 224 g/mol. The van der Waals surface area contributed by atoms with E-state index in [1.54, 1.807) is 0 Å². The van der Waals surface area contributed by atoms with E-state index in [0.29, 0.717) is 12.0 Å². The van der Waals surface area contributed by atoms with Gasteiger partial charge in [0, 0.05) is 18.3 Å². The van der Waals surface area contributed by atoms with Gasteiger partial charge in [-0.15, -0.1) is 0 Å². The number of rotatable bonds is 3. The van der Waals surface area contributed by atoms with Crippen molar-refractivity contribution in [2.75, 3.05) is 19.3 Å². The Hall–Kier alpha value is -1.06. The molecular formula is C15H22N2O. The maximum absolute atomic E-state index is 9.35. The number of nitrogen functional groups attached to an aromatic ring is 1. The number of fused-ring (bicyclic) bond motifs is 1. The monoisotopic (exact) mass is 246 g/mol. The first-order valence-electron chi connectivity index (χ1n) is 6.90. The van der Waals surface area contributed by atoms with Crippen molar-refractivity contribution in [1.29, 1.82) is 0 Å². The average Bonchev–Trinajstić information content (AvgIpc) is 2.69. The molecule has 1 unspecified atom stereocenters. The van der Waals surface area contributed by atoms with E-state index in [1.165, 1.54) is 17.5 Å². The zero-order chi connectivity index (χ0) is 12.7. The first-order chi connectivity index (χ1) is 8.63. The van der Waals surface area contributed by atoms with E-state index in [4.69, 9.17) is 5.73 Å². The van der Waals surface area contributed by atoms with Crippen LogP contribution in [0.5, 0.6) is 0 Å². The summed E-state index contributed by atoms with van der Waals surface area (Å²) in [5.74, 6) is 0.683. The van der Waals surface area contributed by atoms with Crippen LogP contribution < -0.4 is 5.73 Å². The van der Waals surface area contributed by atoms with E-state index in [-0.39, 0.29) is 6.10 Å². The zero-order valence-corrected chi connectivity index (χ0v) is 11.0. The second-order valence-electron chi connectivity index (χ2n) is 5.94. The summed E-state index contributed by atoms with van der Waals surface area (Å²) in [5.41, 5.74) is 9.58. The van der Waals surface area contributed by atoms with Crippen molar-refractivity contribution in [3.05, 3.63) is 29.3 Å². The van der Waals surface area contributed by atoms with E-state index < -0.39 is 0 Å². The fourth-order valence-corrected chi connectivity index (χ4v) is 3.46. The molecule has 0 aliphatic heterocycles. The topological polar surface area (TPSA) is 49.5 Å². The summed E-state index contributed by atoms with van der Waals surface area (Å²) in [4.78, 5) is 2.46. The Morgan fingerprint density at radius 1 is 1.39 bits per heavy atom. The predicted octanol–water partition coefficient (Wildman–Crippen LogP) is 1.96. The number of hydrogen-bond donors (Lipinski definition) is 2. The Morgan fingerprint density at radius 3 is 2.89 bits per heavy atom. The Bertz CT molecular complexity index is 440. The van der Waals surface area contributed by atoms with Gasteiger partial charge in [0.1, 0.15) is 0 Å². The van der Waals surface area contributed by atoms with Gasteiger partial charge in [-0.3, -0.25) is 4.90 Å². The van der Waals surface area contributed by atoms with Crippen LogP contribution in [0, 0.1) is 5.92 Å². The summed E-state index contributed by atoms with van der Waals surface area (Å²) in [7, 11) is 2.21. The van der Waals surface area contributed by atoms with E-state index >= 15 is 0 Å². The lowest BCUT2D eigenvalue weighted by molar-refractivity contribution is 0.0219. The van der Waals surface area contributed by atoms with Gasteiger partial charge in [-0.2, -0.15) is 0 Å². The highest BCUT2D eigenvalue weighted by molar-refractivity contribution is 5.47. The van der Waals surface area contributed by atoms with Gasteiger partial charge in [0.05, 0.1) is 6.10 Å². The molecule has 98 valence electrons. The molecule has 0 bridgehead atoms. The van der Waals surface area contributed by atoms with Crippen molar-refractivity contribution < 1.29 is 5.11 Å². The summed E-state index contributed by atoms with van der Waals surface area (Å²) < 4.78 is 0. The first kappa shape index (κ1) is 12.0. The van der Waals surface area contributed by atoms with Crippen LogP contribution in [0.1, 0.15) is 36.4 Å².